The van der Waals surface area contributed by atoms with Gasteiger partial charge in [-0.1, -0.05) is 133 Å². The van der Waals surface area contributed by atoms with Crippen LogP contribution in [0.2, 0.25) is 0 Å². The number of hydrogen-bond acceptors (Lipinski definition) is 1. The van der Waals surface area contributed by atoms with E-state index >= 15 is 0 Å². The summed E-state index contributed by atoms with van der Waals surface area (Å²) in [6, 6.07) is 51.6. The van der Waals surface area contributed by atoms with Gasteiger partial charge in [-0.25, -0.2) is 0 Å². The van der Waals surface area contributed by atoms with Crippen LogP contribution in [0.1, 0.15) is 2.74 Å². The summed E-state index contributed by atoms with van der Waals surface area (Å²) in [4.78, 5) is 0. The molecule has 0 saturated carbocycles. The van der Waals surface area contributed by atoms with Crippen LogP contribution in [0.3, 0.4) is 0 Å². The molecule has 0 amide bonds. The van der Waals surface area contributed by atoms with Crippen LogP contribution >= 0.6 is 0 Å². The van der Waals surface area contributed by atoms with Crippen LogP contribution in [-0.2, 0) is 0 Å². The molecule has 0 unspecified atom stereocenters. The Balaban J connectivity index is 1.21. The summed E-state index contributed by atoms with van der Waals surface area (Å²) >= 11 is 0. The Morgan fingerprint density at radius 1 is 0.349 bits per heavy atom. The number of hydrogen-bond donors (Lipinski definition) is 0. The van der Waals surface area contributed by atoms with Gasteiger partial charge in [0.1, 0.15) is 11.2 Å². The predicted molar refractivity (Wildman–Crippen MR) is 183 cm³/mol. The third-order valence-electron chi connectivity index (χ3n) is 8.73. The smallest absolute Gasteiger partial charge is 0.135 e. The summed E-state index contributed by atoms with van der Waals surface area (Å²) in [6.45, 7) is 0. The highest BCUT2D eigenvalue weighted by molar-refractivity contribution is 6.21. The molecule has 0 radical (unpaired) electrons. The molecule has 0 N–H and O–H groups in total. The standard InChI is InChI=1S/C42H26O/c1-2-10-30-25-32(22-19-27(30)9-1)42-36-14-5-3-12-34(36)41(35-13-4-6-15-37(35)42)29-20-17-28(18-21-29)31-23-24-40-38(26-31)33-11-7-8-16-39(33)43-40/h1-26H/i1D,8D. The molecule has 9 aromatic rings. The molecule has 0 aliphatic rings. The van der Waals surface area contributed by atoms with Gasteiger partial charge >= 0.3 is 0 Å². The summed E-state index contributed by atoms with van der Waals surface area (Å²) in [5.41, 5.74) is 8.68. The third-order valence-corrected chi connectivity index (χ3v) is 8.73. The van der Waals surface area contributed by atoms with E-state index in [1.54, 1.807) is 6.07 Å². The molecule has 1 heterocycles. The first-order valence-electron chi connectivity index (χ1n) is 15.6. The summed E-state index contributed by atoms with van der Waals surface area (Å²) in [5, 5.41) is 9.21. The average molecular weight is 549 g/mol. The second-order valence-electron chi connectivity index (χ2n) is 11.1. The summed E-state index contributed by atoms with van der Waals surface area (Å²) in [5.74, 6) is 0. The second-order valence-corrected chi connectivity index (χ2v) is 11.1. The fourth-order valence-electron chi connectivity index (χ4n) is 6.71. The maximum atomic E-state index is 8.03. The summed E-state index contributed by atoms with van der Waals surface area (Å²) in [7, 11) is 0. The average Bonchev–Trinajstić information content (AvgIpc) is 3.44. The highest BCUT2D eigenvalue weighted by atomic mass is 16.3. The topological polar surface area (TPSA) is 13.1 Å². The first kappa shape index (κ1) is 22.0. The van der Waals surface area contributed by atoms with Crippen LogP contribution in [0.15, 0.2) is 162 Å². The Bertz CT molecular complexity index is 2550. The Labute approximate surface area is 252 Å². The van der Waals surface area contributed by atoms with Gasteiger partial charge in [-0.3, -0.25) is 0 Å². The molecule has 1 aromatic heterocycles. The number of benzene rings is 8. The highest BCUT2D eigenvalue weighted by Crippen LogP contribution is 2.44. The van der Waals surface area contributed by atoms with Crippen LogP contribution in [0.4, 0.5) is 0 Å². The van der Waals surface area contributed by atoms with Crippen molar-refractivity contribution in [1.29, 1.82) is 0 Å². The fraction of sp³-hybridized carbons (Fsp3) is 0. The van der Waals surface area contributed by atoms with E-state index in [4.69, 9.17) is 7.16 Å². The van der Waals surface area contributed by atoms with E-state index in [2.05, 4.69) is 103 Å². The van der Waals surface area contributed by atoms with Gasteiger partial charge in [0.2, 0.25) is 0 Å². The lowest BCUT2D eigenvalue weighted by atomic mass is 9.85. The normalized spacial score (nSPS) is 12.4. The van der Waals surface area contributed by atoms with Crippen molar-refractivity contribution in [3.63, 3.8) is 0 Å². The van der Waals surface area contributed by atoms with Crippen molar-refractivity contribution in [2.45, 2.75) is 0 Å². The molecule has 0 spiro atoms. The second kappa shape index (κ2) is 9.44. The van der Waals surface area contributed by atoms with Crippen molar-refractivity contribution in [1.82, 2.24) is 0 Å². The predicted octanol–water partition coefficient (Wildman–Crippen LogP) is 12.0. The maximum absolute atomic E-state index is 8.03. The molecule has 1 heteroatoms. The van der Waals surface area contributed by atoms with Crippen molar-refractivity contribution in [3.8, 4) is 33.4 Å². The van der Waals surface area contributed by atoms with Crippen LogP contribution < -0.4 is 0 Å². The summed E-state index contributed by atoms with van der Waals surface area (Å²) in [6.07, 6.45) is 0. The van der Waals surface area contributed by atoms with Gasteiger partial charge in [-0.15, -0.1) is 0 Å². The number of rotatable bonds is 3. The minimum atomic E-state index is 0.450. The van der Waals surface area contributed by atoms with Crippen LogP contribution in [0, 0.1) is 0 Å². The van der Waals surface area contributed by atoms with Gasteiger partial charge in [0, 0.05) is 10.8 Å². The van der Waals surface area contributed by atoms with E-state index in [1.807, 2.05) is 36.4 Å². The Morgan fingerprint density at radius 2 is 0.907 bits per heavy atom. The molecule has 0 atom stereocenters. The highest BCUT2D eigenvalue weighted by Gasteiger charge is 2.17. The van der Waals surface area contributed by atoms with E-state index in [-0.39, 0.29) is 0 Å². The molecule has 43 heavy (non-hydrogen) atoms. The molecule has 200 valence electrons. The van der Waals surface area contributed by atoms with Gasteiger partial charge < -0.3 is 4.42 Å². The van der Waals surface area contributed by atoms with Crippen molar-refractivity contribution in [2.24, 2.45) is 0 Å². The lowest BCUT2D eigenvalue weighted by molar-refractivity contribution is 0.669. The molecular weight excluding hydrogens is 520 g/mol. The quantitative estimate of drug-likeness (QED) is 0.200. The maximum Gasteiger partial charge on any atom is 0.135 e. The number of fused-ring (bicyclic) bond motifs is 6. The van der Waals surface area contributed by atoms with Gasteiger partial charge in [0.25, 0.3) is 0 Å². The van der Waals surface area contributed by atoms with E-state index < -0.39 is 0 Å². The van der Waals surface area contributed by atoms with Gasteiger partial charge in [-0.05, 0) is 90.0 Å². The van der Waals surface area contributed by atoms with E-state index in [9.17, 15) is 0 Å². The number of para-hydroxylation sites is 1. The van der Waals surface area contributed by atoms with Crippen molar-refractivity contribution in [3.05, 3.63) is 158 Å². The Kier molecular flexibility index (Phi) is 4.83. The SMILES string of the molecule is [2H]c1ccc2cc(-c3c4ccccc4c(-c4ccc(-c5ccc6oc7cc([2H])ccc7c6c5)cc4)c4ccccc34)ccc2c1. The monoisotopic (exact) mass is 548 g/mol. The van der Waals surface area contributed by atoms with E-state index in [0.29, 0.717) is 12.1 Å². The molecule has 0 aliphatic heterocycles. The minimum absolute atomic E-state index is 0.450. The minimum Gasteiger partial charge on any atom is -0.456 e. The third kappa shape index (κ3) is 3.79. The van der Waals surface area contributed by atoms with Gasteiger partial charge in [0.15, 0.2) is 0 Å². The van der Waals surface area contributed by atoms with Gasteiger partial charge in [0.05, 0.1) is 2.74 Å². The van der Waals surface area contributed by atoms with Gasteiger partial charge in [-0.2, -0.15) is 0 Å². The summed E-state index contributed by atoms with van der Waals surface area (Å²) < 4.78 is 22.0. The lowest BCUT2D eigenvalue weighted by Crippen LogP contribution is -1.91. The molecule has 0 saturated heterocycles. The first-order chi connectivity index (χ1) is 22.1. The molecule has 0 bridgehead atoms. The molecule has 0 fully saturated rings. The van der Waals surface area contributed by atoms with E-state index in [1.165, 1.54) is 43.8 Å². The molecule has 8 aromatic carbocycles. The zero-order valence-electron chi connectivity index (χ0n) is 25.3. The van der Waals surface area contributed by atoms with Crippen LogP contribution in [0.25, 0.3) is 87.6 Å². The molecule has 9 rings (SSSR count). The Hall–Kier alpha value is -5.66. The van der Waals surface area contributed by atoms with Crippen molar-refractivity contribution in [2.75, 3.05) is 0 Å². The Morgan fingerprint density at radius 3 is 1.65 bits per heavy atom. The van der Waals surface area contributed by atoms with Crippen molar-refractivity contribution >= 4 is 54.3 Å². The zero-order valence-corrected chi connectivity index (χ0v) is 23.3. The van der Waals surface area contributed by atoms with Crippen LogP contribution in [-0.4, -0.2) is 0 Å². The molecule has 1 nitrogen and oxygen atoms in total. The van der Waals surface area contributed by atoms with E-state index in [0.717, 1.165) is 43.8 Å². The lowest BCUT2D eigenvalue weighted by Gasteiger charge is -2.18. The molecular formula is C42H26O. The van der Waals surface area contributed by atoms with Crippen molar-refractivity contribution < 1.29 is 7.16 Å². The fourth-order valence-corrected chi connectivity index (χ4v) is 6.71. The zero-order chi connectivity index (χ0) is 30.1. The molecule has 0 aliphatic carbocycles. The van der Waals surface area contributed by atoms with Crippen LogP contribution in [0.5, 0.6) is 0 Å². The number of furan rings is 1. The largest absolute Gasteiger partial charge is 0.456 e. The first-order valence-corrected chi connectivity index (χ1v) is 14.6.